The van der Waals surface area contributed by atoms with Crippen LogP contribution in [0.25, 0.3) is 0 Å². The van der Waals surface area contributed by atoms with E-state index in [1.54, 1.807) is 20.0 Å². The Morgan fingerprint density at radius 3 is 2.72 bits per heavy atom. The first-order chi connectivity index (χ1) is 8.45. The molecule has 1 aromatic rings. The van der Waals surface area contributed by atoms with Gasteiger partial charge in [-0.05, 0) is 31.5 Å². The summed E-state index contributed by atoms with van der Waals surface area (Å²) in [4.78, 5) is 13.0. The summed E-state index contributed by atoms with van der Waals surface area (Å²) >= 11 is 0. The van der Waals surface area contributed by atoms with E-state index in [0.717, 1.165) is 0 Å². The highest BCUT2D eigenvalue weighted by Crippen LogP contribution is 2.21. The number of likely N-dealkylation sites (N-methyl/N-ethyl adjacent to an activating group) is 1. The van der Waals surface area contributed by atoms with Gasteiger partial charge in [-0.25, -0.2) is 4.39 Å². The highest BCUT2D eigenvalue weighted by Gasteiger charge is 2.11. The molecule has 0 aliphatic carbocycles. The number of hydrogen-bond acceptors (Lipinski definition) is 3. The number of carbonyl (C=O) groups excluding carboxylic acids is 1. The van der Waals surface area contributed by atoms with Gasteiger partial charge in [0.1, 0.15) is 0 Å². The van der Waals surface area contributed by atoms with E-state index in [2.05, 4.69) is 0 Å². The van der Waals surface area contributed by atoms with Crippen molar-refractivity contribution in [3.63, 3.8) is 0 Å². The molecule has 100 valence electrons. The molecule has 1 amide bonds. The topological polar surface area (TPSA) is 49.8 Å². The van der Waals surface area contributed by atoms with Crippen molar-refractivity contribution in [1.29, 1.82) is 0 Å². The molecule has 4 nitrogen and oxygen atoms in total. The maximum atomic E-state index is 13.6. The Labute approximate surface area is 106 Å². The minimum Gasteiger partial charge on any atom is -0.481 e. The lowest BCUT2D eigenvalue weighted by Crippen LogP contribution is -2.31. The molecular formula is C13H18FNO3. The first-order valence-corrected chi connectivity index (χ1v) is 5.80. The van der Waals surface area contributed by atoms with E-state index in [1.165, 1.54) is 17.0 Å². The molecule has 1 atom stereocenters. The number of aliphatic hydroxyl groups excluding tert-OH is 1. The van der Waals surface area contributed by atoms with Crippen molar-refractivity contribution in [2.75, 3.05) is 20.2 Å². The first-order valence-electron chi connectivity index (χ1n) is 5.80. The first kappa shape index (κ1) is 14.4. The Kier molecular flexibility index (Phi) is 5.09. The third-order valence-corrected chi connectivity index (χ3v) is 2.69. The molecule has 0 saturated carbocycles. The van der Waals surface area contributed by atoms with E-state index in [0.29, 0.717) is 12.1 Å². The molecule has 0 unspecified atom stereocenters. The van der Waals surface area contributed by atoms with Gasteiger partial charge in [0.15, 0.2) is 18.2 Å². The SMILES string of the molecule is CCN(C)C(=O)COc1ccc([C@H](C)O)cc1F. The van der Waals surface area contributed by atoms with Gasteiger partial charge in [-0.2, -0.15) is 0 Å². The molecule has 0 spiro atoms. The standard InChI is InChI=1S/C13H18FNO3/c1-4-15(3)13(17)8-18-12-6-5-10(9(2)16)7-11(12)14/h5-7,9,16H,4,8H2,1-3H3/t9-/m0/s1. The average Bonchev–Trinajstić information content (AvgIpc) is 2.35. The average molecular weight is 255 g/mol. The molecule has 1 N–H and O–H groups in total. The molecule has 0 fully saturated rings. The molecule has 0 aromatic heterocycles. The van der Waals surface area contributed by atoms with Crippen LogP contribution >= 0.6 is 0 Å². The predicted molar refractivity (Wildman–Crippen MR) is 65.8 cm³/mol. The summed E-state index contributed by atoms with van der Waals surface area (Å²) in [6, 6.07) is 4.18. The molecule has 0 bridgehead atoms. The summed E-state index contributed by atoms with van der Waals surface area (Å²) < 4.78 is 18.7. The van der Waals surface area contributed by atoms with Gasteiger partial charge in [0.05, 0.1) is 6.10 Å². The van der Waals surface area contributed by atoms with Crippen LogP contribution in [0.4, 0.5) is 4.39 Å². The fraction of sp³-hybridized carbons (Fsp3) is 0.462. The molecule has 18 heavy (non-hydrogen) atoms. The van der Waals surface area contributed by atoms with Crippen LogP contribution in [-0.4, -0.2) is 36.1 Å². The normalized spacial score (nSPS) is 12.1. The van der Waals surface area contributed by atoms with Crippen molar-refractivity contribution in [2.24, 2.45) is 0 Å². The number of amides is 1. The Hall–Kier alpha value is -1.62. The van der Waals surface area contributed by atoms with E-state index in [9.17, 15) is 14.3 Å². The van der Waals surface area contributed by atoms with Crippen LogP contribution in [0, 0.1) is 5.82 Å². The van der Waals surface area contributed by atoms with Crippen molar-refractivity contribution >= 4 is 5.91 Å². The number of rotatable bonds is 5. The maximum absolute atomic E-state index is 13.6. The van der Waals surface area contributed by atoms with Crippen molar-refractivity contribution in [2.45, 2.75) is 20.0 Å². The van der Waals surface area contributed by atoms with Crippen LogP contribution < -0.4 is 4.74 Å². The van der Waals surface area contributed by atoms with E-state index in [1.807, 2.05) is 6.92 Å². The minimum absolute atomic E-state index is 0.0113. The third-order valence-electron chi connectivity index (χ3n) is 2.69. The highest BCUT2D eigenvalue weighted by atomic mass is 19.1. The second-order valence-corrected chi connectivity index (χ2v) is 4.06. The van der Waals surface area contributed by atoms with Crippen LogP contribution in [0.5, 0.6) is 5.75 Å². The summed E-state index contributed by atoms with van der Waals surface area (Å²) in [5, 5.41) is 9.29. The van der Waals surface area contributed by atoms with Gasteiger partial charge in [-0.1, -0.05) is 6.07 Å². The molecule has 5 heteroatoms. The van der Waals surface area contributed by atoms with Crippen LogP contribution in [0.3, 0.4) is 0 Å². The van der Waals surface area contributed by atoms with Gasteiger partial charge in [0.25, 0.3) is 5.91 Å². The van der Waals surface area contributed by atoms with Gasteiger partial charge < -0.3 is 14.7 Å². The summed E-state index contributed by atoms with van der Waals surface area (Å²) in [6.07, 6.45) is -0.735. The van der Waals surface area contributed by atoms with Crippen molar-refractivity contribution in [3.05, 3.63) is 29.6 Å². The van der Waals surface area contributed by atoms with E-state index < -0.39 is 11.9 Å². The van der Waals surface area contributed by atoms with Crippen LogP contribution in [-0.2, 0) is 4.79 Å². The smallest absolute Gasteiger partial charge is 0.260 e. The zero-order valence-corrected chi connectivity index (χ0v) is 10.8. The van der Waals surface area contributed by atoms with Gasteiger partial charge in [-0.15, -0.1) is 0 Å². The Morgan fingerprint density at radius 2 is 2.22 bits per heavy atom. The van der Waals surface area contributed by atoms with Crippen LogP contribution in [0.2, 0.25) is 0 Å². The number of benzene rings is 1. The highest BCUT2D eigenvalue weighted by molar-refractivity contribution is 5.77. The van der Waals surface area contributed by atoms with Gasteiger partial charge in [-0.3, -0.25) is 4.79 Å². The summed E-state index contributed by atoms with van der Waals surface area (Å²) in [7, 11) is 1.65. The van der Waals surface area contributed by atoms with E-state index >= 15 is 0 Å². The lowest BCUT2D eigenvalue weighted by Gasteiger charge is -2.15. The lowest BCUT2D eigenvalue weighted by molar-refractivity contribution is -0.131. The van der Waals surface area contributed by atoms with E-state index in [-0.39, 0.29) is 18.3 Å². The second kappa shape index (κ2) is 6.35. The number of nitrogens with zero attached hydrogens (tertiary/aromatic N) is 1. The quantitative estimate of drug-likeness (QED) is 0.871. The number of halogens is 1. The number of carbonyl (C=O) groups is 1. The lowest BCUT2D eigenvalue weighted by atomic mass is 10.1. The molecule has 1 aromatic carbocycles. The summed E-state index contributed by atoms with van der Waals surface area (Å²) in [5.41, 5.74) is 0.469. The fourth-order valence-corrected chi connectivity index (χ4v) is 1.32. The number of ether oxygens (including phenoxy) is 1. The zero-order chi connectivity index (χ0) is 13.7. The van der Waals surface area contributed by atoms with Crippen LogP contribution in [0.1, 0.15) is 25.5 Å². The maximum Gasteiger partial charge on any atom is 0.260 e. The molecular weight excluding hydrogens is 237 g/mol. The Morgan fingerprint density at radius 1 is 1.56 bits per heavy atom. The number of aliphatic hydroxyl groups is 1. The molecule has 1 rings (SSSR count). The monoisotopic (exact) mass is 255 g/mol. The Bertz CT molecular complexity index is 421. The second-order valence-electron chi connectivity index (χ2n) is 4.06. The van der Waals surface area contributed by atoms with Gasteiger partial charge >= 0.3 is 0 Å². The summed E-state index contributed by atoms with van der Waals surface area (Å²) in [5.74, 6) is -0.783. The largest absolute Gasteiger partial charge is 0.481 e. The summed E-state index contributed by atoms with van der Waals surface area (Å²) in [6.45, 7) is 3.77. The van der Waals surface area contributed by atoms with Crippen molar-refractivity contribution in [1.82, 2.24) is 4.90 Å². The fourth-order valence-electron chi connectivity index (χ4n) is 1.32. The number of hydrogen-bond donors (Lipinski definition) is 1. The predicted octanol–water partition coefficient (Wildman–Crippen LogP) is 1.74. The molecule has 0 radical (unpaired) electrons. The van der Waals surface area contributed by atoms with Gasteiger partial charge in [0, 0.05) is 13.6 Å². The third kappa shape index (κ3) is 3.70. The minimum atomic E-state index is -0.735. The molecule has 0 aliphatic heterocycles. The van der Waals surface area contributed by atoms with Crippen LogP contribution in [0.15, 0.2) is 18.2 Å². The molecule has 0 saturated heterocycles. The van der Waals surface area contributed by atoms with E-state index in [4.69, 9.17) is 4.74 Å². The molecule has 0 heterocycles. The van der Waals surface area contributed by atoms with Crippen molar-refractivity contribution in [3.8, 4) is 5.75 Å². The molecule has 0 aliphatic rings. The Balaban J connectivity index is 2.66. The van der Waals surface area contributed by atoms with Crippen molar-refractivity contribution < 1.29 is 19.0 Å². The van der Waals surface area contributed by atoms with Gasteiger partial charge in [0.2, 0.25) is 0 Å². The zero-order valence-electron chi connectivity index (χ0n) is 10.8.